The molecule has 23 heavy (non-hydrogen) atoms. The average molecular weight is 317 g/mol. The number of halogens is 1. The Morgan fingerprint density at radius 2 is 2.26 bits per heavy atom. The Bertz CT molecular complexity index is 682. The second-order valence-electron chi connectivity index (χ2n) is 6.19. The van der Waals surface area contributed by atoms with Crippen molar-refractivity contribution in [1.82, 2.24) is 14.8 Å². The summed E-state index contributed by atoms with van der Waals surface area (Å²) in [4.78, 5) is 14.5. The first-order valence-electron chi connectivity index (χ1n) is 8.42. The lowest BCUT2D eigenvalue weighted by Crippen LogP contribution is -2.40. The molecule has 2 aromatic rings. The minimum absolute atomic E-state index is 0.0613. The monoisotopic (exact) mass is 317 g/mol. The van der Waals surface area contributed by atoms with E-state index in [1.165, 1.54) is 18.6 Å². The maximum Gasteiger partial charge on any atom is 0.221 e. The number of carbonyl (C=O) groups is 1. The van der Waals surface area contributed by atoms with Gasteiger partial charge >= 0.3 is 0 Å². The minimum atomic E-state index is -0.247. The van der Waals surface area contributed by atoms with Crippen molar-refractivity contribution in [3.63, 3.8) is 0 Å². The Labute approximate surface area is 136 Å². The third-order valence-electron chi connectivity index (χ3n) is 4.76. The van der Waals surface area contributed by atoms with Crippen molar-refractivity contribution in [2.75, 3.05) is 19.6 Å². The van der Waals surface area contributed by atoms with Crippen LogP contribution in [0.1, 0.15) is 26.2 Å². The van der Waals surface area contributed by atoms with Crippen LogP contribution in [-0.2, 0) is 11.3 Å². The van der Waals surface area contributed by atoms with Crippen molar-refractivity contribution in [3.8, 4) is 0 Å². The van der Waals surface area contributed by atoms with Gasteiger partial charge in [-0.15, -0.1) is 0 Å². The first-order valence-corrected chi connectivity index (χ1v) is 8.42. The summed E-state index contributed by atoms with van der Waals surface area (Å²) in [5, 5.41) is 4.04. The van der Waals surface area contributed by atoms with E-state index in [9.17, 15) is 9.18 Å². The van der Waals surface area contributed by atoms with Gasteiger partial charge in [-0.25, -0.2) is 4.39 Å². The minimum Gasteiger partial charge on any atom is -0.354 e. The van der Waals surface area contributed by atoms with Gasteiger partial charge in [-0.2, -0.15) is 0 Å². The highest BCUT2D eigenvalue weighted by Gasteiger charge is 2.22. The number of rotatable bonds is 6. The SMILES string of the molecule is CCN1CCC[C@H]1CNC(=O)CCn1ccc2ccc(F)cc21. The van der Waals surface area contributed by atoms with Gasteiger partial charge in [0.25, 0.3) is 0 Å². The van der Waals surface area contributed by atoms with Crippen LogP contribution in [-0.4, -0.2) is 41.1 Å². The van der Waals surface area contributed by atoms with Crippen LogP contribution >= 0.6 is 0 Å². The van der Waals surface area contributed by atoms with Crippen LogP contribution in [0.5, 0.6) is 0 Å². The third kappa shape index (κ3) is 3.72. The average Bonchev–Trinajstić information content (AvgIpc) is 3.16. The molecule has 1 aromatic carbocycles. The largest absolute Gasteiger partial charge is 0.354 e. The van der Waals surface area contributed by atoms with Crippen LogP contribution in [0.25, 0.3) is 10.9 Å². The summed E-state index contributed by atoms with van der Waals surface area (Å²) < 4.78 is 15.3. The number of benzene rings is 1. The van der Waals surface area contributed by atoms with E-state index in [-0.39, 0.29) is 11.7 Å². The summed E-state index contributed by atoms with van der Waals surface area (Å²) in [5.41, 5.74) is 0.839. The van der Waals surface area contributed by atoms with Gasteiger partial charge in [0.05, 0.1) is 5.52 Å². The van der Waals surface area contributed by atoms with Crippen LogP contribution in [0.15, 0.2) is 30.5 Å². The van der Waals surface area contributed by atoms with E-state index in [2.05, 4.69) is 17.1 Å². The number of fused-ring (bicyclic) bond motifs is 1. The second kappa shape index (κ2) is 7.13. The molecule has 1 saturated heterocycles. The summed E-state index contributed by atoms with van der Waals surface area (Å²) in [5.74, 6) is -0.186. The molecular formula is C18H24FN3O. The highest BCUT2D eigenvalue weighted by atomic mass is 19.1. The molecule has 2 heterocycles. The Morgan fingerprint density at radius 1 is 1.39 bits per heavy atom. The van der Waals surface area contributed by atoms with Crippen molar-refractivity contribution < 1.29 is 9.18 Å². The number of hydrogen-bond donors (Lipinski definition) is 1. The van der Waals surface area contributed by atoms with E-state index in [1.54, 1.807) is 6.07 Å². The number of carbonyl (C=O) groups excluding carboxylic acids is 1. The predicted molar refractivity (Wildman–Crippen MR) is 89.8 cm³/mol. The molecule has 124 valence electrons. The smallest absolute Gasteiger partial charge is 0.221 e. The predicted octanol–water partition coefficient (Wildman–Crippen LogP) is 2.77. The van der Waals surface area contributed by atoms with Gasteiger partial charge in [0.1, 0.15) is 5.82 Å². The number of nitrogens with zero attached hydrogens (tertiary/aromatic N) is 2. The fraction of sp³-hybridized carbons (Fsp3) is 0.500. The lowest BCUT2D eigenvalue weighted by molar-refractivity contribution is -0.121. The van der Waals surface area contributed by atoms with Crippen molar-refractivity contribution in [1.29, 1.82) is 0 Å². The number of hydrogen-bond acceptors (Lipinski definition) is 2. The number of amides is 1. The molecule has 0 spiro atoms. The Hall–Kier alpha value is -1.88. The quantitative estimate of drug-likeness (QED) is 0.889. The van der Waals surface area contributed by atoms with Gasteiger partial charge in [-0.1, -0.05) is 6.92 Å². The molecule has 0 aliphatic carbocycles. The van der Waals surface area contributed by atoms with Crippen LogP contribution in [0, 0.1) is 5.82 Å². The molecule has 1 aliphatic rings. The number of aromatic nitrogens is 1. The molecule has 1 amide bonds. The first kappa shape index (κ1) is 16.0. The standard InChI is InChI=1S/C18H24FN3O/c1-2-21-9-3-4-16(21)13-20-18(23)8-11-22-10-7-14-5-6-15(19)12-17(14)22/h5-7,10,12,16H,2-4,8-9,11,13H2,1H3,(H,20,23)/t16-/m0/s1. The summed E-state index contributed by atoms with van der Waals surface area (Å²) in [7, 11) is 0. The van der Waals surface area contributed by atoms with Gasteiger partial charge in [0, 0.05) is 31.7 Å². The Morgan fingerprint density at radius 3 is 3.09 bits per heavy atom. The number of likely N-dealkylation sites (tertiary alicyclic amines) is 1. The van der Waals surface area contributed by atoms with Crippen molar-refractivity contribution in [2.45, 2.75) is 38.8 Å². The van der Waals surface area contributed by atoms with Gasteiger partial charge in [0.15, 0.2) is 0 Å². The molecule has 5 heteroatoms. The topological polar surface area (TPSA) is 37.3 Å². The molecular weight excluding hydrogens is 293 g/mol. The van der Waals surface area contributed by atoms with E-state index in [4.69, 9.17) is 0 Å². The van der Waals surface area contributed by atoms with E-state index >= 15 is 0 Å². The molecule has 0 saturated carbocycles. The van der Waals surface area contributed by atoms with Crippen LogP contribution < -0.4 is 5.32 Å². The molecule has 3 rings (SSSR count). The van der Waals surface area contributed by atoms with Gasteiger partial charge in [-0.3, -0.25) is 9.69 Å². The lowest BCUT2D eigenvalue weighted by Gasteiger charge is -2.22. The zero-order chi connectivity index (χ0) is 16.2. The van der Waals surface area contributed by atoms with Crippen LogP contribution in [0.3, 0.4) is 0 Å². The number of nitrogens with one attached hydrogen (secondary N) is 1. The number of aryl methyl sites for hydroxylation is 1. The van der Waals surface area contributed by atoms with E-state index in [1.807, 2.05) is 16.8 Å². The maximum atomic E-state index is 13.4. The van der Waals surface area contributed by atoms with Crippen LogP contribution in [0.4, 0.5) is 4.39 Å². The second-order valence-corrected chi connectivity index (χ2v) is 6.19. The zero-order valence-corrected chi connectivity index (χ0v) is 13.6. The highest BCUT2D eigenvalue weighted by Crippen LogP contribution is 2.18. The summed E-state index contributed by atoms with van der Waals surface area (Å²) >= 11 is 0. The van der Waals surface area contributed by atoms with Crippen molar-refractivity contribution >= 4 is 16.8 Å². The summed E-state index contributed by atoms with van der Waals surface area (Å²) in [6.45, 7) is 5.64. The molecule has 1 atom stereocenters. The molecule has 1 aromatic heterocycles. The zero-order valence-electron chi connectivity index (χ0n) is 13.6. The lowest BCUT2D eigenvalue weighted by atomic mass is 10.2. The molecule has 1 fully saturated rings. The van der Waals surface area contributed by atoms with Crippen LogP contribution in [0.2, 0.25) is 0 Å². The molecule has 1 N–H and O–H groups in total. The third-order valence-corrected chi connectivity index (χ3v) is 4.76. The fourth-order valence-electron chi connectivity index (χ4n) is 3.44. The summed E-state index contributed by atoms with van der Waals surface area (Å²) in [6.07, 6.45) is 4.71. The Kier molecular flexibility index (Phi) is 4.96. The molecule has 0 radical (unpaired) electrons. The normalized spacial score (nSPS) is 18.6. The molecule has 0 bridgehead atoms. The van der Waals surface area contributed by atoms with Gasteiger partial charge < -0.3 is 9.88 Å². The molecule has 1 aliphatic heterocycles. The van der Waals surface area contributed by atoms with E-state index in [0.29, 0.717) is 19.0 Å². The maximum absolute atomic E-state index is 13.4. The molecule has 0 unspecified atom stereocenters. The van der Waals surface area contributed by atoms with Crippen molar-refractivity contribution in [2.24, 2.45) is 0 Å². The first-order chi connectivity index (χ1) is 11.2. The molecule has 4 nitrogen and oxygen atoms in total. The summed E-state index contributed by atoms with van der Waals surface area (Å²) in [6, 6.07) is 7.17. The fourth-order valence-corrected chi connectivity index (χ4v) is 3.44. The van der Waals surface area contributed by atoms with Crippen molar-refractivity contribution in [3.05, 3.63) is 36.3 Å². The van der Waals surface area contributed by atoms with Gasteiger partial charge in [0.2, 0.25) is 5.91 Å². The van der Waals surface area contributed by atoms with E-state index in [0.717, 1.165) is 37.0 Å². The highest BCUT2D eigenvalue weighted by molar-refractivity contribution is 5.80. The number of likely N-dealkylation sites (N-methyl/N-ethyl adjacent to an activating group) is 1. The van der Waals surface area contributed by atoms with Gasteiger partial charge in [-0.05, 0) is 55.6 Å². The van der Waals surface area contributed by atoms with E-state index < -0.39 is 0 Å². The Balaban J connectivity index is 1.51.